The molecule has 0 fully saturated rings. The van der Waals surface area contributed by atoms with Crippen LogP contribution in [0.25, 0.3) is 0 Å². The second-order valence-corrected chi connectivity index (χ2v) is 4.58. The molecule has 0 amide bonds. The molecule has 5 nitrogen and oxygen atoms in total. The lowest BCUT2D eigenvalue weighted by atomic mass is 10.1. The molecule has 1 atom stereocenters. The van der Waals surface area contributed by atoms with Crippen molar-refractivity contribution in [1.29, 1.82) is 0 Å². The molecule has 0 spiro atoms. The lowest BCUT2D eigenvalue weighted by Gasteiger charge is -2.13. The van der Waals surface area contributed by atoms with Gasteiger partial charge in [0.2, 0.25) is 0 Å². The van der Waals surface area contributed by atoms with E-state index in [-0.39, 0.29) is 11.7 Å². The molecule has 2 rings (SSSR count). The number of aromatic nitrogens is 1. The van der Waals surface area contributed by atoms with Gasteiger partial charge in [-0.15, -0.1) is 0 Å². The van der Waals surface area contributed by atoms with Crippen LogP contribution in [-0.2, 0) is 6.54 Å². The predicted molar refractivity (Wildman–Crippen MR) is 70.2 cm³/mol. The second kappa shape index (κ2) is 5.86. The minimum Gasteiger partial charge on any atom is -0.476 e. The van der Waals surface area contributed by atoms with Crippen molar-refractivity contribution in [1.82, 2.24) is 10.5 Å². The summed E-state index contributed by atoms with van der Waals surface area (Å²) in [6.07, 6.45) is 0. The van der Waals surface area contributed by atoms with Crippen LogP contribution in [0.1, 0.15) is 34.8 Å². The molecule has 0 aliphatic heterocycles. The molecule has 1 aromatic carbocycles. The van der Waals surface area contributed by atoms with Gasteiger partial charge in [-0.05, 0) is 24.6 Å². The van der Waals surface area contributed by atoms with Crippen LogP contribution in [0.15, 0.2) is 34.9 Å². The van der Waals surface area contributed by atoms with Crippen molar-refractivity contribution in [3.05, 3.63) is 52.4 Å². The molecule has 0 saturated heterocycles. The number of aromatic carboxylic acids is 1. The van der Waals surface area contributed by atoms with Crippen molar-refractivity contribution in [2.45, 2.75) is 19.5 Å². The molecule has 0 aliphatic carbocycles. The average molecular weight is 281 g/mol. The summed E-state index contributed by atoms with van der Waals surface area (Å²) < 4.78 is 4.92. The second-order valence-electron chi connectivity index (χ2n) is 4.14. The Morgan fingerprint density at radius 2 is 2.32 bits per heavy atom. The number of carboxylic acid groups (broad SMARTS) is 1. The maximum atomic E-state index is 10.7. The molecule has 1 aromatic heterocycles. The maximum absolute atomic E-state index is 10.7. The molecule has 19 heavy (non-hydrogen) atoms. The van der Waals surface area contributed by atoms with Crippen LogP contribution in [0, 0.1) is 0 Å². The zero-order chi connectivity index (χ0) is 13.8. The van der Waals surface area contributed by atoms with Gasteiger partial charge in [0.15, 0.2) is 11.5 Å². The lowest BCUT2D eigenvalue weighted by molar-refractivity contribution is 0.0685. The van der Waals surface area contributed by atoms with E-state index in [2.05, 4.69) is 10.5 Å². The monoisotopic (exact) mass is 280 g/mol. The smallest absolute Gasteiger partial charge is 0.358 e. The first-order valence-corrected chi connectivity index (χ1v) is 6.12. The number of hydrogen-bond acceptors (Lipinski definition) is 4. The highest BCUT2D eigenvalue weighted by Gasteiger charge is 2.12. The minimum absolute atomic E-state index is 0.0667. The standard InChI is InChI=1S/C13H13ClN2O3/c1-8(9-3-2-4-10(14)5-9)15-7-11-6-12(13(17)18)16-19-11/h2-6,8,15H,7H2,1H3,(H,17,18)/t8-/m1/s1. The molecule has 0 bridgehead atoms. The summed E-state index contributed by atoms with van der Waals surface area (Å²) in [7, 11) is 0. The summed E-state index contributed by atoms with van der Waals surface area (Å²) in [5.41, 5.74) is 0.956. The third-order valence-electron chi connectivity index (χ3n) is 2.71. The Morgan fingerprint density at radius 3 is 2.95 bits per heavy atom. The summed E-state index contributed by atoms with van der Waals surface area (Å²) in [4.78, 5) is 10.7. The number of carboxylic acids is 1. The Kier molecular flexibility index (Phi) is 4.19. The fraction of sp³-hybridized carbons (Fsp3) is 0.231. The number of carbonyl (C=O) groups is 1. The van der Waals surface area contributed by atoms with E-state index in [4.69, 9.17) is 21.2 Å². The number of halogens is 1. The maximum Gasteiger partial charge on any atom is 0.358 e. The fourth-order valence-electron chi connectivity index (χ4n) is 1.64. The van der Waals surface area contributed by atoms with Crippen LogP contribution in [0.3, 0.4) is 0 Å². The zero-order valence-corrected chi connectivity index (χ0v) is 11.0. The van der Waals surface area contributed by atoms with Gasteiger partial charge < -0.3 is 14.9 Å². The summed E-state index contributed by atoms with van der Waals surface area (Å²) in [5.74, 6) is -0.621. The first-order valence-electron chi connectivity index (χ1n) is 5.74. The number of hydrogen-bond donors (Lipinski definition) is 2. The number of nitrogens with zero attached hydrogens (tertiary/aromatic N) is 1. The van der Waals surface area contributed by atoms with Gasteiger partial charge in [0.05, 0.1) is 6.54 Å². The molecule has 2 N–H and O–H groups in total. The topological polar surface area (TPSA) is 75.4 Å². The molecule has 100 valence electrons. The highest BCUT2D eigenvalue weighted by Crippen LogP contribution is 2.17. The van der Waals surface area contributed by atoms with Crippen LogP contribution < -0.4 is 5.32 Å². The first-order chi connectivity index (χ1) is 9.06. The van der Waals surface area contributed by atoms with E-state index in [1.165, 1.54) is 6.07 Å². The van der Waals surface area contributed by atoms with Gasteiger partial charge >= 0.3 is 5.97 Å². The summed E-state index contributed by atoms with van der Waals surface area (Å²) >= 11 is 5.92. The van der Waals surface area contributed by atoms with Crippen molar-refractivity contribution in [2.75, 3.05) is 0 Å². The van der Waals surface area contributed by atoms with Crippen LogP contribution in [-0.4, -0.2) is 16.2 Å². The van der Waals surface area contributed by atoms with E-state index in [0.29, 0.717) is 17.3 Å². The first kappa shape index (κ1) is 13.6. The normalized spacial score (nSPS) is 12.3. The molecular formula is C13H13ClN2O3. The molecule has 0 radical (unpaired) electrons. The molecule has 0 aliphatic rings. The van der Waals surface area contributed by atoms with Crippen LogP contribution in [0.2, 0.25) is 5.02 Å². The SMILES string of the molecule is C[C@@H](NCc1cc(C(=O)O)no1)c1cccc(Cl)c1. The molecule has 2 aromatic rings. The van der Waals surface area contributed by atoms with E-state index < -0.39 is 5.97 Å². The highest BCUT2D eigenvalue weighted by atomic mass is 35.5. The Hall–Kier alpha value is -1.85. The largest absolute Gasteiger partial charge is 0.476 e. The zero-order valence-electron chi connectivity index (χ0n) is 10.3. The molecule has 1 heterocycles. The Bertz CT molecular complexity index is 583. The third-order valence-corrected chi connectivity index (χ3v) is 2.94. The van der Waals surface area contributed by atoms with Crippen molar-refractivity contribution in [3.8, 4) is 0 Å². The van der Waals surface area contributed by atoms with Crippen molar-refractivity contribution < 1.29 is 14.4 Å². The number of benzene rings is 1. The molecular weight excluding hydrogens is 268 g/mol. The minimum atomic E-state index is -1.10. The predicted octanol–water partition coefficient (Wildman–Crippen LogP) is 2.88. The van der Waals surface area contributed by atoms with Crippen molar-refractivity contribution >= 4 is 17.6 Å². The van der Waals surface area contributed by atoms with E-state index in [0.717, 1.165) is 5.56 Å². The summed E-state index contributed by atoms with van der Waals surface area (Å²) in [6, 6.07) is 9.01. The Labute approximate surface area is 115 Å². The Balaban J connectivity index is 1.96. The van der Waals surface area contributed by atoms with Gasteiger partial charge in [-0.25, -0.2) is 4.79 Å². The van der Waals surface area contributed by atoms with Gasteiger partial charge in [0.25, 0.3) is 0 Å². The highest BCUT2D eigenvalue weighted by molar-refractivity contribution is 6.30. The van der Waals surface area contributed by atoms with Gasteiger partial charge in [0, 0.05) is 17.1 Å². The Morgan fingerprint density at radius 1 is 1.53 bits per heavy atom. The summed E-state index contributed by atoms with van der Waals surface area (Å²) in [6.45, 7) is 2.38. The van der Waals surface area contributed by atoms with Crippen LogP contribution in [0.4, 0.5) is 0 Å². The van der Waals surface area contributed by atoms with E-state index in [1.807, 2.05) is 31.2 Å². The molecule has 0 unspecified atom stereocenters. The van der Waals surface area contributed by atoms with Crippen molar-refractivity contribution in [2.24, 2.45) is 0 Å². The number of nitrogens with one attached hydrogen (secondary N) is 1. The van der Waals surface area contributed by atoms with E-state index in [9.17, 15) is 4.79 Å². The lowest BCUT2D eigenvalue weighted by Crippen LogP contribution is -2.17. The van der Waals surface area contributed by atoms with Crippen LogP contribution >= 0.6 is 11.6 Å². The van der Waals surface area contributed by atoms with E-state index >= 15 is 0 Å². The van der Waals surface area contributed by atoms with Gasteiger partial charge in [-0.1, -0.05) is 28.9 Å². The quantitative estimate of drug-likeness (QED) is 0.881. The van der Waals surface area contributed by atoms with Gasteiger partial charge in [-0.3, -0.25) is 0 Å². The van der Waals surface area contributed by atoms with Crippen molar-refractivity contribution in [3.63, 3.8) is 0 Å². The van der Waals surface area contributed by atoms with Gasteiger partial charge in [0.1, 0.15) is 0 Å². The summed E-state index contributed by atoms with van der Waals surface area (Å²) in [5, 5.41) is 16.1. The molecule has 0 saturated carbocycles. The average Bonchev–Trinajstić information content (AvgIpc) is 2.85. The molecule has 6 heteroatoms. The van der Waals surface area contributed by atoms with Crippen LogP contribution in [0.5, 0.6) is 0 Å². The van der Waals surface area contributed by atoms with Gasteiger partial charge in [-0.2, -0.15) is 0 Å². The van der Waals surface area contributed by atoms with E-state index in [1.54, 1.807) is 0 Å². The number of rotatable bonds is 5. The fourth-order valence-corrected chi connectivity index (χ4v) is 1.84. The third kappa shape index (κ3) is 3.56.